The molecular formula is C20H19N5O2S. The molecule has 3 aromatic rings. The Morgan fingerprint density at radius 1 is 1.14 bits per heavy atom. The summed E-state index contributed by atoms with van der Waals surface area (Å²) in [7, 11) is 0. The van der Waals surface area contributed by atoms with E-state index in [1.807, 2.05) is 62.6 Å². The first-order valence-electron chi connectivity index (χ1n) is 8.92. The molecule has 2 aromatic heterocycles. The number of aryl methyl sites for hydroxylation is 1. The standard InChI is InChI=1S/C20H19N5O2S/c1-4-16(26)25-15-11-6-5-9-13(15)17-18(22-20(28-3)24-23-17)27-19(25)14-10-7-8-12(2)21-14/h5-11,19H,4H2,1-3H3/t19-/m0/s1. The summed E-state index contributed by atoms with van der Waals surface area (Å²) in [5.41, 5.74) is 3.44. The average Bonchev–Trinajstić information content (AvgIpc) is 2.87. The van der Waals surface area contributed by atoms with Gasteiger partial charge < -0.3 is 4.74 Å². The Hall–Kier alpha value is -3.00. The van der Waals surface area contributed by atoms with E-state index in [1.165, 1.54) is 11.8 Å². The Kier molecular flexibility index (Phi) is 4.95. The molecule has 8 heteroatoms. The largest absolute Gasteiger partial charge is 0.445 e. The van der Waals surface area contributed by atoms with Crippen molar-refractivity contribution in [3.8, 4) is 17.1 Å². The maximum atomic E-state index is 13.0. The van der Waals surface area contributed by atoms with Gasteiger partial charge in [-0.25, -0.2) is 0 Å². The number of anilines is 1. The number of hydrogen-bond acceptors (Lipinski definition) is 7. The Morgan fingerprint density at radius 2 is 1.96 bits per heavy atom. The van der Waals surface area contributed by atoms with Crippen LogP contribution in [0.1, 0.15) is 31.0 Å². The highest BCUT2D eigenvalue weighted by molar-refractivity contribution is 7.98. The fraction of sp³-hybridized carbons (Fsp3) is 0.250. The van der Waals surface area contributed by atoms with E-state index >= 15 is 0 Å². The molecular weight excluding hydrogens is 374 g/mol. The van der Waals surface area contributed by atoms with Crippen LogP contribution in [0.3, 0.4) is 0 Å². The highest BCUT2D eigenvalue weighted by atomic mass is 32.2. The molecule has 7 nitrogen and oxygen atoms in total. The molecule has 0 saturated carbocycles. The van der Waals surface area contributed by atoms with Crippen LogP contribution in [0.25, 0.3) is 11.3 Å². The van der Waals surface area contributed by atoms with Crippen molar-refractivity contribution in [3.05, 3.63) is 53.9 Å². The van der Waals surface area contributed by atoms with E-state index in [2.05, 4.69) is 20.2 Å². The van der Waals surface area contributed by atoms with Gasteiger partial charge in [0.2, 0.25) is 23.2 Å². The first-order valence-corrected chi connectivity index (χ1v) is 10.1. The number of hydrogen-bond donors (Lipinski definition) is 0. The predicted octanol–water partition coefficient (Wildman–Crippen LogP) is 3.80. The second-order valence-corrected chi connectivity index (χ2v) is 7.03. The second kappa shape index (κ2) is 7.55. The Bertz CT molecular complexity index is 1040. The van der Waals surface area contributed by atoms with Crippen molar-refractivity contribution in [2.45, 2.75) is 31.7 Å². The van der Waals surface area contributed by atoms with Gasteiger partial charge in [0, 0.05) is 17.7 Å². The molecule has 4 rings (SSSR count). The first-order chi connectivity index (χ1) is 13.6. The number of ether oxygens (including phenoxy) is 1. The van der Waals surface area contributed by atoms with E-state index in [0.717, 1.165) is 11.3 Å². The minimum atomic E-state index is -0.749. The van der Waals surface area contributed by atoms with Crippen LogP contribution in [0, 0.1) is 6.92 Å². The van der Waals surface area contributed by atoms with Crippen LogP contribution < -0.4 is 9.64 Å². The van der Waals surface area contributed by atoms with E-state index in [0.29, 0.717) is 34.5 Å². The third kappa shape index (κ3) is 3.20. The van der Waals surface area contributed by atoms with Gasteiger partial charge in [-0.2, -0.15) is 4.98 Å². The molecule has 1 atom stereocenters. The quantitative estimate of drug-likeness (QED) is 0.626. The third-order valence-corrected chi connectivity index (χ3v) is 4.97. The molecule has 0 fully saturated rings. The third-order valence-electron chi connectivity index (χ3n) is 4.43. The summed E-state index contributed by atoms with van der Waals surface area (Å²) in [6.45, 7) is 3.73. The fourth-order valence-electron chi connectivity index (χ4n) is 3.13. The molecule has 0 spiro atoms. The highest BCUT2D eigenvalue weighted by Gasteiger charge is 2.36. The molecule has 1 amide bonds. The van der Waals surface area contributed by atoms with E-state index in [4.69, 9.17) is 4.74 Å². The first kappa shape index (κ1) is 18.4. The number of carbonyl (C=O) groups excluding carboxylic acids is 1. The van der Waals surface area contributed by atoms with Crippen LogP contribution in [-0.2, 0) is 4.79 Å². The molecule has 1 aliphatic heterocycles. The smallest absolute Gasteiger partial charge is 0.247 e. The van der Waals surface area contributed by atoms with Crippen molar-refractivity contribution in [1.82, 2.24) is 20.2 Å². The van der Waals surface area contributed by atoms with E-state index in [-0.39, 0.29) is 5.91 Å². The van der Waals surface area contributed by atoms with Crippen LogP contribution >= 0.6 is 11.8 Å². The number of nitrogens with zero attached hydrogens (tertiary/aromatic N) is 5. The number of rotatable bonds is 3. The van der Waals surface area contributed by atoms with Crippen molar-refractivity contribution in [1.29, 1.82) is 0 Å². The number of pyridine rings is 1. The Balaban J connectivity index is 1.98. The number of carbonyl (C=O) groups is 1. The van der Waals surface area contributed by atoms with Crippen LogP contribution in [0.4, 0.5) is 5.69 Å². The number of amides is 1. The van der Waals surface area contributed by atoms with Gasteiger partial charge in [0.1, 0.15) is 5.69 Å². The summed E-state index contributed by atoms with van der Waals surface area (Å²) in [4.78, 5) is 23.7. The summed E-state index contributed by atoms with van der Waals surface area (Å²) < 4.78 is 6.27. The molecule has 0 saturated heterocycles. The zero-order chi connectivity index (χ0) is 19.7. The normalized spacial score (nSPS) is 15.2. The van der Waals surface area contributed by atoms with Crippen LogP contribution in [0.5, 0.6) is 5.88 Å². The number of para-hydroxylation sites is 1. The van der Waals surface area contributed by atoms with Gasteiger partial charge in [0.05, 0.1) is 5.69 Å². The molecule has 0 aliphatic carbocycles. The summed E-state index contributed by atoms with van der Waals surface area (Å²) in [6, 6.07) is 13.2. The Morgan fingerprint density at radius 3 is 2.71 bits per heavy atom. The molecule has 0 unspecified atom stereocenters. The molecule has 1 aromatic carbocycles. The maximum absolute atomic E-state index is 13.0. The topological polar surface area (TPSA) is 81.1 Å². The van der Waals surface area contributed by atoms with Gasteiger partial charge >= 0.3 is 0 Å². The van der Waals surface area contributed by atoms with Gasteiger partial charge in [-0.05, 0) is 31.4 Å². The number of aromatic nitrogens is 4. The van der Waals surface area contributed by atoms with Crippen LogP contribution in [0.15, 0.2) is 47.6 Å². The van der Waals surface area contributed by atoms with E-state index < -0.39 is 6.23 Å². The second-order valence-electron chi connectivity index (χ2n) is 6.26. The van der Waals surface area contributed by atoms with Gasteiger partial charge in [-0.15, -0.1) is 10.2 Å². The van der Waals surface area contributed by atoms with Crippen molar-refractivity contribution < 1.29 is 9.53 Å². The summed E-state index contributed by atoms with van der Waals surface area (Å²) in [5, 5.41) is 9.00. The number of thioether (sulfide) groups is 1. The maximum Gasteiger partial charge on any atom is 0.247 e. The summed E-state index contributed by atoms with van der Waals surface area (Å²) in [5.74, 6) is 0.262. The minimum Gasteiger partial charge on any atom is -0.445 e. The van der Waals surface area contributed by atoms with Gasteiger partial charge in [0.25, 0.3) is 0 Å². The lowest BCUT2D eigenvalue weighted by atomic mass is 10.1. The average molecular weight is 393 g/mol. The van der Waals surface area contributed by atoms with Crippen LogP contribution in [0.2, 0.25) is 0 Å². The highest BCUT2D eigenvalue weighted by Crippen LogP contribution is 2.43. The van der Waals surface area contributed by atoms with Crippen LogP contribution in [-0.4, -0.2) is 32.3 Å². The molecule has 142 valence electrons. The molecule has 3 heterocycles. The van der Waals surface area contributed by atoms with Gasteiger partial charge in [-0.1, -0.05) is 43.0 Å². The zero-order valence-electron chi connectivity index (χ0n) is 15.8. The molecule has 28 heavy (non-hydrogen) atoms. The van der Waals surface area contributed by atoms with Crippen molar-refractivity contribution >= 4 is 23.4 Å². The molecule has 1 aliphatic rings. The lowest BCUT2D eigenvalue weighted by molar-refractivity contribution is -0.120. The molecule has 0 radical (unpaired) electrons. The van der Waals surface area contributed by atoms with Crippen molar-refractivity contribution in [2.75, 3.05) is 11.2 Å². The lowest BCUT2D eigenvalue weighted by Crippen LogP contribution is -2.37. The summed E-state index contributed by atoms with van der Waals surface area (Å²) in [6.07, 6.45) is 1.45. The van der Waals surface area contributed by atoms with Crippen molar-refractivity contribution in [3.63, 3.8) is 0 Å². The summed E-state index contributed by atoms with van der Waals surface area (Å²) >= 11 is 1.38. The lowest BCUT2D eigenvalue weighted by Gasteiger charge is -2.30. The number of fused-ring (bicyclic) bond motifs is 3. The predicted molar refractivity (Wildman–Crippen MR) is 107 cm³/mol. The van der Waals surface area contributed by atoms with E-state index in [1.54, 1.807) is 4.90 Å². The van der Waals surface area contributed by atoms with E-state index in [9.17, 15) is 4.79 Å². The number of benzene rings is 1. The monoisotopic (exact) mass is 393 g/mol. The van der Waals surface area contributed by atoms with Crippen molar-refractivity contribution in [2.24, 2.45) is 0 Å². The molecule has 0 bridgehead atoms. The molecule has 0 N–H and O–H groups in total. The SMILES string of the molecule is CCC(=O)N1c2ccccc2-c2nnc(SC)nc2O[C@H]1c1cccc(C)n1. The zero-order valence-corrected chi connectivity index (χ0v) is 16.6. The minimum absolute atomic E-state index is 0.0772. The van der Waals surface area contributed by atoms with Gasteiger partial charge in [-0.3, -0.25) is 14.7 Å². The van der Waals surface area contributed by atoms with Gasteiger partial charge in [0.15, 0.2) is 5.69 Å². The Labute approximate surface area is 167 Å². The fourth-order valence-corrected chi connectivity index (χ4v) is 3.43.